The predicted molar refractivity (Wildman–Crippen MR) is 70.1 cm³/mol. The molecule has 0 saturated carbocycles. The van der Waals surface area contributed by atoms with E-state index in [4.69, 9.17) is 9.47 Å². The van der Waals surface area contributed by atoms with Gasteiger partial charge in [-0.15, -0.1) is 0 Å². The third kappa shape index (κ3) is 4.23. The van der Waals surface area contributed by atoms with Gasteiger partial charge in [0.25, 0.3) is 0 Å². The number of aryl methyl sites for hydroxylation is 1. The largest absolute Gasteiger partial charge is 0.488 e. The highest BCUT2D eigenvalue weighted by atomic mass is 79.9. The zero-order valence-electron chi connectivity index (χ0n) is 9.96. The standard InChI is InChI=1S/C13H15BrO3/c1-4-16-13(15)10(3)8-17-12-7-11(14)6-5-9(12)2/h5-7H,3-4,8H2,1-2H3. The molecule has 0 N–H and O–H groups in total. The normalized spacial score (nSPS) is 9.82. The van der Waals surface area contributed by atoms with Gasteiger partial charge in [-0.05, 0) is 31.5 Å². The molecule has 0 atom stereocenters. The first-order chi connectivity index (χ1) is 8.04. The van der Waals surface area contributed by atoms with Crippen LogP contribution in [0.4, 0.5) is 0 Å². The zero-order chi connectivity index (χ0) is 12.8. The molecule has 4 heteroatoms. The molecule has 0 bridgehead atoms. The van der Waals surface area contributed by atoms with Crippen molar-refractivity contribution in [2.75, 3.05) is 13.2 Å². The Morgan fingerprint density at radius 3 is 2.82 bits per heavy atom. The maximum Gasteiger partial charge on any atom is 0.336 e. The molecular formula is C13H15BrO3. The summed E-state index contributed by atoms with van der Waals surface area (Å²) in [5.41, 5.74) is 1.32. The molecule has 0 heterocycles. The van der Waals surface area contributed by atoms with Crippen molar-refractivity contribution in [2.45, 2.75) is 13.8 Å². The maximum absolute atomic E-state index is 11.3. The number of halogens is 1. The Bertz CT molecular complexity index is 427. The fourth-order valence-corrected chi connectivity index (χ4v) is 1.53. The van der Waals surface area contributed by atoms with Gasteiger partial charge in [-0.3, -0.25) is 0 Å². The van der Waals surface area contributed by atoms with Gasteiger partial charge < -0.3 is 9.47 Å². The molecule has 3 nitrogen and oxygen atoms in total. The van der Waals surface area contributed by atoms with Crippen LogP contribution < -0.4 is 4.74 Å². The first kappa shape index (κ1) is 13.8. The third-order valence-corrected chi connectivity index (χ3v) is 2.61. The Labute approximate surface area is 110 Å². The van der Waals surface area contributed by atoms with E-state index in [9.17, 15) is 4.79 Å². The van der Waals surface area contributed by atoms with E-state index in [0.29, 0.717) is 12.2 Å². The van der Waals surface area contributed by atoms with E-state index < -0.39 is 5.97 Å². The van der Waals surface area contributed by atoms with E-state index in [1.54, 1.807) is 6.92 Å². The minimum absolute atomic E-state index is 0.135. The smallest absolute Gasteiger partial charge is 0.336 e. The van der Waals surface area contributed by atoms with Crippen molar-refractivity contribution in [3.8, 4) is 5.75 Å². The van der Waals surface area contributed by atoms with Crippen molar-refractivity contribution in [1.29, 1.82) is 0 Å². The molecule has 0 aromatic heterocycles. The van der Waals surface area contributed by atoms with Crippen LogP contribution in [0.5, 0.6) is 5.75 Å². The molecule has 92 valence electrons. The number of hydrogen-bond acceptors (Lipinski definition) is 3. The highest BCUT2D eigenvalue weighted by Gasteiger charge is 2.09. The van der Waals surface area contributed by atoms with E-state index in [2.05, 4.69) is 22.5 Å². The molecule has 0 aliphatic rings. The summed E-state index contributed by atoms with van der Waals surface area (Å²) in [6, 6.07) is 5.72. The summed E-state index contributed by atoms with van der Waals surface area (Å²) in [7, 11) is 0. The van der Waals surface area contributed by atoms with Crippen molar-refractivity contribution in [1.82, 2.24) is 0 Å². The van der Waals surface area contributed by atoms with Gasteiger partial charge in [0, 0.05) is 4.47 Å². The third-order valence-electron chi connectivity index (χ3n) is 2.12. The summed E-state index contributed by atoms with van der Waals surface area (Å²) in [6.07, 6.45) is 0. The second kappa shape index (κ2) is 6.45. The highest BCUT2D eigenvalue weighted by molar-refractivity contribution is 9.10. The lowest BCUT2D eigenvalue weighted by Gasteiger charge is -2.10. The molecule has 0 unspecified atom stereocenters. The molecule has 0 amide bonds. The summed E-state index contributed by atoms with van der Waals surface area (Å²) < 4.78 is 11.3. The molecular weight excluding hydrogens is 284 g/mol. The quantitative estimate of drug-likeness (QED) is 0.618. The average Bonchev–Trinajstić information content (AvgIpc) is 2.30. The first-order valence-corrected chi connectivity index (χ1v) is 6.07. The second-order valence-electron chi connectivity index (χ2n) is 3.52. The Morgan fingerprint density at radius 1 is 1.47 bits per heavy atom. The fourth-order valence-electron chi connectivity index (χ4n) is 1.19. The maximum atomic E-state index is 11.3. The lowest BCUT2D eigenvalue weighted by molar-refractivity contribution is -0.138. The van der Waals surface area contributed by atoms with Crippen molar-refractivity contribution in [2.24, 2.45) is 0 Å². The average molecular weight is 299 g/mol. The Morgan fingerprint density at radius 2 is 2.18 bits per heavy atom. The number of hydrogen-bond donors (Lipinski definition) is 0. The van der Waals surface area contributed by atoms with Crippen LogP contribution in [0, 0.1) is 6.92 Å². The predicted octanol–water partition coefficient (Wildman–Crippen LogP) is 3.26. The van der Waals surface area contributed by atoms with Gasteiger partial charge in [-0.2, -0.15) is 0 Å². The van der Waals surface area contributed by atoms with Crippen LogP contribution in [0.3, 0.4) is 0 Å². The summed E-state index contributed by atoms with van der Waals surface area (Å²) in [4.78, 5) is 11.3. The number of carbonyl (C=O) groups excluding carboxylic acids is 1. The highest BCUT2D eigenvalue weighted by Crippen LogP contribution is 2.23. The zero-order valence-corrected chi connectivity index (χ0v) is 11.5. The van der Waals surface area contributed by atoms with E-state index in [1.807, 2.05) is 25.1 Å². The minimum Gasteiger partial charge on any atom is -0.488 e. The van der Waals surface area contributed by atoms with Crippen LogP contribution in [-0.4, -0.2) is 19.2 Å². The van der Waals surface area contributed by atoms with Gasteiger partial charge in [-0.25, -0.2) is 4.79 Å². The molecule has 1 rings (SSSR count). The number of rotatable bonds is 5. The molecule has 0 aliphatic carbocycles. The molecule has 1 aromatic rings. The second-order valence-corrected chi connectivity index (χ2v) is 4.44. The summed E-state index contributed by atoms with van der Waals surface area (Å²) in [5.74, 6) is 0.310. The van der Waals surface area contributed by atoms with Crippen LogP contribution in [-0.2, 0) is 9.53 Å². The minimum atomic E-state index is -0.417. The molecule has 0 radical (unpaired) electrons. The van der Waals surface area contributed by atoms with Crippen molar-refractivity contribution in [3.05, 3.63) is 40.4 Å². The Balaban J connectivity index is 2.58. The van der Waals surface area contributed by atoms with Crippen LogP contribution in [0.2, 0.25) is 0 Å². The Kier molecular flexibility index (Phi) is 5.22. The SMILES string of the molecule is C=C(COc1cc(Br)ccc1C)C(=O)OCC. The van der Waals surface area contributed by atoms with Gasteiger partial charge >= 0.3 is 5.97 Å². The number of carbonyl (C=O) groups is 1. The van der Waals surface area contributed by atoms with Crippen molar-refractivity contribution in [3.63, 3.8) is 0 Å². The van der Waals surface area contributed by atoms with E-state index in [1.165, 1.54) is 0 Å². The Hall–Kier alpha value is -1.29. The lowest BCUT2D eigenvalue weighted by atomic mass is 10.2. The number of benzene rings is 1. The van der Waals surface area contributed by atoms with E-state index >= 15 is 0 Å². The number of ether oxygens (including phenoxy) is 2. The molecule has 17 heavy (non-hydrogen) atoms. The van der Waals surface area contributed by atoms with Crippen LogP contribution >= 0.6 is 15.9 Å². The van der Waals surface area contributed by atoms with Crippen molar-refractivity contribution < 1.29 is 14.3 Å². The summed E-state index contributed by atoms with van der Waals surface area (Å²) in [5, 5.41) is 0. The van der Waals surface area contributed by atoms with Crippen molar-refractivity contribution >= 4 is 21.9 Å². The van der Waals surface area contributed by atoms with Gasteiger partial charge in [0.05, 0.1) is 12.2 Å². The monoisotopic (exact) mass is 298 g/mol. The van der Waals surface area contributed by atoms with Gasteiger partial charge in [0.2, 0.25) is 0 Å². The van der Waals surface area contributed by atoms with Crippen LogP contribution in [0.15, 0.2) is 34.8 Å². The van der Waals surface area contributed by atoms with Gasteiger partial charge in [0.15, 0.2) is 0 Å². The summed E-state index contributed by atoms with van der Waals surface area (Å²) >= 11 is 3.36. The van der Waals surface area contributed by atoms with Gasteiger partial charge in [0.1, 0.15) is 12.4 Å². The number of esters is 1. The van der Waals surface area contributed by atoms with Crippen LogP contribution in [0.25, 0.3) is 0 Å². The topological polar surface area (TPSA) is 35.5 Å². The lowest BCUT2D eigenvalue weighted by Crippen LogP contribution is -2.13. The van der Waals surface area contributed by atoms with E-state index in [-0.39, 0.29) is 6.61 Å². The van der Waals surface area contributed by atoms with Crippen LogP contribution in [0.1, 0.15) is 12.5 Å². The first-order valence-electron chi connectivity index (χ1n) is 5.28. The molecule has 0 aliphatic heterocycles. The molecule has 0 saturated heterocycles. The fraction of sp³-hybridized carbons (Fsp3) is 0.308. The molecule has 0 fully saturated rings. The summed E-state index contributed by atoms with van der Waals surface area (Å²) in [6.45, 7) is 7.80. The van der Waals surface area contributed by atoms with Gasteiger partial charge in [-0.1, -0.05) is 28.6 Å². The molecule has 0 spiro atoms. The molecule has 1 aromatic carbocycles. The van der Waals surface area contributed by atoms with E-state index in [0.717, 1.165) is 15.8 Å².